The van der Waals surface area contributed by atoms with Crippen LogP contribution in [0.1, 0.15) is 27.7 Å². The van der Waals surface area contributed by atoms with Gasteiger partial charge in [-0.3, -0.25) is 9.52 Å². The monoisotopic (exact) mass is 352 g/mol. The summed E-state index contributed by atoms with van der Waals surface area (Å²) in [7, 11) is -3.45. The molecule has 0 bridgehead atoms. The molecule has 1 heterocycles. The van der Waals surface area contributed by atoms with Crippen LogP contribution in [0.15, 0.2) is 30.9 Å². The first-order chi connectivity index (χ1) is 11.1. The van der Waals surface area contributed by atoms with Crippen LogP contribution >= 0.6 is 0 Å². The van der Waals surface area contributed by atoms with Gasteiger partial charge in [-0.05, 0) is 39.8 Å². The average Bonchev–Trinajstić information content (AvgIpc) is 2.58. The van der Waals surface area contributed by atoms with Gasteiger partial charge in [0.2, 0.25) is 15.9 Å². The molecule has 24 heavy (non-hydrogen) atoms. The van der Waals surface area contributed by atoms with Crippen molar-refractivity contribution in [3.63, 3.8) is 0 Å². The number of sulfonamides is 1. The van der Waals surface area contributed by atoms with Crippen molar-refractivity contribution in [1.82, 2.24) is 0 Å². The molecule has 1 aliphatic heterocycles. The van der Waals surface area contributed by atoms with Crippen molar-refractivity contribution < 1.29 is 17.9 Å². The molecule has 0 fully saturated rings. The minimum Gasteiger partial charge on any atom is -0.490 e. The normalized spacial score (nSPS) is 17.0. The Morgan fingerprint density at radius 3 is 2.67 bits per heavy atom. The third-order valence-corrected chi connectivity index (χ3v) is 5.62. The molecule has 0 aromatic heterocycles. The lowest BCUT2D eigenvalue weighted by molar-refractivity contribution is -0.127. The molecule has 0 saturated heterocycles. The van der Waals surface area contributed by atoms with Gasteiger partial charge in [0.25, 0.3) is 0 Å². The zero-order valence-electron chi connectivity index (χ0n) is 14.5. The van der Waals surface area contributed by atoms with Crippen molar-refractivity contribution in [2.24, 2.45) is 5.41 Å². The standard InChI is InChI=1S/C17H24N2O4S/c1-6-9-19-14-8-7-13(18-24(21,22)12(2)3)10-15(14)23-11-17(4,5)16(19)20/h6-8,10,12,18H,1,9,11H2,2-5H3. The second-order valence-electron chi connectivity index (χ2n) is 6.76. The fourth-order valence-electron chi connectivity index (χ4n) is 2.30. The first kappa shape index (κ1) is 18.3. The number of nitrogens with one attached hydrogen (secondary N) is 1. The van der Waals surface area contributed by atoms with Gasteiger partial charge in [0, 0.05) is 12.6 Å². The molecule has 0 saturated carbocycles. The third-order valence-electron chi connectivity index (χ3n) is 3.86. The largest absolute Gasteiger partial charge is 0.490 e. The van der Waals surface area contributed by atoms with Gasteiger partial charge < -0.3 is 9.64 Å². The predicted octanol–water partition coefficient (Wildman–Crippen LogP) is 2.77. The lowest BCUT2D eigenvalue weighted by Gasteiger charge is -2.27. The summed E-state index contributed by atoms with van der Waals surface area (Å²) in [6.45, 7) is 11.1. The van der Waals surface area contributed by atoms with Crippen LogP contribution in [0.2, 0.25) is 0 Å². The zero-order valence-corrected chi connectivity index (χ0v) is 15.3. The molecule has 1 aliphatic rings. The topological polar surface area (TPSA) is 75.7 Å². The van der Waals surface area contributed by atoms with E-state index in [0.717, 1.165) is 0 Å². The maximum atomic E-state index is 12.7. The van der Waals surface area contributed by atoms with E-state index < -0.39 is 20.7 Å². The molecular formula is C17H24N2O4S. The second-order valence-corrected chi connectivity index (χ2v) is 8.99. The van der Waals surface area contributed by atoms with Crippen molar-refractivity contribution in [2.75, 3.05) is 22.8 Å². The van der Waals surface area contributed by atoms with E-state index in [1.807, 2.05) is 13.8 Å². The van der Waals surface area contributed by atoms with Crippen molar-refractivity contribution in [3.8, 4) is 5.75 Å². The predicted molar refractivity (Wildman–Crippen MR) is 95.9 cm³/mol. The molecule has 0 aliphatic carbocycles. The van der Waals surface area contributed by atoms with E-state index in [4.69, 9.17) is 4.74 Å². The Bertz CT molecular complexity index is 754. The Morgan fingerprint density at radius 1 is 1.42 bits per heavy atom. The summed E-state index contributed by atoms with van der Waals surface area (Å²) < 4.78 is 32.4. The van der Waals surface area contributed by atoms with Gasteiger partial charge in [0.1, 0.15) is 12.4 Å². The number of fused-ring (bicyclic) bond motifs is 1. The maximum Gasteiger partial charge on any atom is 0.236 e. The third kappa shape index (κ3) is 3.56. The number of benzene rings is 1. The van der Waals surface area contributed by atoms with Gasteiger partial charge in [0.15, 0.2) is 0 Å². The first-order valence-electron chi connectivity index (χ1n) is 7.80. The van der Waals surface area contributed by atoms with Crippen molar-refractivity contribution in [1.29, 1.82) is 0 Å². The Morgan fingerprint density at radius 2 is 2.08 bits per heavy atom. The molecule has 1 aromatic rings. The number of carbonyl (C=O) groups is 1. The van der Waals surface area contributed by atoms with Gasteiger partial charge in [-0.1, -0.05) is 6.08 Å². The van der Waals surface area contributed by atoms with E-state index in [-0.39, 0.29) is 12.5 Å². The summed E-state index contributed by atoms with van der Waals surface area (Å²) in [6.07, 6.45) is 1.65. The number of hydrogen-bond donors (Lipinski definition) is 1. The summed E-state index contributed by atoms with van der Waals surface area (Å²) in [5.74, 6) is 0.413. The molecule has 0 unspecified atom stereocenters. The fourth-order valence-corrected chi connectivity index (χ4v) is 2.99. The number of amides is 1. The highest BCUT2D eigenvalue weighted by atomic mass is 32.2. The lowest BCUT2D eigenvalue weighted by atomic mass is 9.93. The molecule has 6 nitrogen and oxygen atoms in total. The molecule has 7 heteroatoms. The number of ether oxygens (including phenoxy) is 1. The number of rotatable bonds is 5. The van der Waals surface area contributed by atoms with E-state index in [2.05, 4.69) is 11.3 Å². The molecule has 0 radical (unpaired) electrons. The summed E-state index contributed by atoms with van der Waals surface area (Å²) >= 11 is 0. The van der Waals surface area contributed by atoms with Crippen LogP contribution in [0, 0.1) is 5.41 Å². The van der Waals surface area contributed by atoms with Crippen LogP contribution in [0.4, 0.5) is 11.4 Å². The highest BCUT2D eigenvalue weighted by Crippen LogP contribution is 2.38. The minimum absolute atomic E-state index is 0.0586. The maximum absolute atomic E-state index is 12.7. The highest BCUT2D eigenvalue weighted by molar-refractivity contribution is 7.93. The molecular weight excluding hydrogens is 328 g/mol. The molecule has 132 valence electrons. The molecule has 1 aromatic carbocycles. The SMILES string of the molecule is C=CCN1C(=O)C(C)(C)COc2cc(NS(=O)(=O)C(C)C)ccc21. The molecule has 0 spiro atoms. The molecule has 2 rings (SSSR count). The van der Waals surface area contributed by atoms with Crippen LogP contribution in [0.25, 0.3) is 0 Å². The number of anilines is 2. The zero-order chi connectivity index (χ0) is 18.1. The Labute approximate surface area is 143 Å². The van der Waals surface area contributed by atoms with E-state index >= 15 is 0 Å². The van der Waals surface area contributed by atoms with Crippen LogP contribution in [-0.4, -0.2) is 32.7 Å². The lowest BCUT2D eigenvalue weighted by Crippen LogP contribution is -2.42. The van der Waals surface area contributed by atoms with Gasteiger partial charge in [-0.15, -0.1) is 6.58 Å². The smallest absolute Gasteiger partial charge is 0.236 e. The van der Waals surface area contributed by atoms with Crippen LogP contribution < -0.4 is 14.4 Å². The minimum atomic E-state index is -3.45. The second kappa shape index (κ2) is 6.47. The average molecular weight is 352 g/mol. The summed E-state index contributed by atoms with van der Waals surface area (Å²) in [5.41, 5.74) is 0.339. The summed E-state index contributed by atoms with van der Waals surface area (Å²) in [4.78, 5) is 14.3. The highest BCUT2D eigenvalue weighted by Gasteiger charge is 2.37. The van der Waals surface area contributed by atoms with E-state index in [0.29, 0.717) is 23.7 Å². The Kier molecular flexibility index (Phi) is 4.94. The van der Waals surface area contributed by atoms with Crippen molar-refractivity contribution in [3.05, 3.63) is 30.9 Å². The quantitative estimate of drug-likeness (QED) is 0.827. The number of carbonyl (C=O) groups excluding carboxylic acids is 1. The van der Waals surface area contributed by atoms with Crippen molar-refractivity contribution >= 4 is 27.3 Å². The van der Waals surface area contributed by atoms with E-state index in [1.165, 1.54) is 0 Å². The van der Waals surface area contributed by atoms with Gasteiger partial charge in [-0.2, -0.15) is 0 Å². The van der Waals surface area contributed by atoms with E-state index in [9.17, 15) is 13.2 Å². The molecule has 1 amide bonds. The Hall–Kier alpha value is -2.02. The Balaban J connectivity index is 2.44. The van der Waals surface area contributed by atoms with E-state index in [1.54, 1.807) is 43.0 Å². The van der Waals surface area contributed by atoms with Gasteiger partial charge in [0.05, 0.1) is 22.0 Å². The first-order valence-corrected chi connectivity index (χ1v) is 9.34. The number of nitrogens with zero attached hydrogens (tertiary/aromatic N) is 1. The van der Waals surface area contributed by atoms with Gasteiger partial charge >= 0.3 is 0 Å². The number of hydrogen-bond acceptors (Lipinski definition) is 4. The fraction of sp³-hybridized carbons (Fsp3) is 0.471. The summed E-state index contributed by atoms with van der Waals surface area (Å²) in [6, 6.07) is 4.93. The molecule has 0 atom stereocenters. The van der Waals surface area contributed by atoms with Gasteiger partial charge in [-0.25, -0.2) is 8.42 Å². The van der Waals surface area contributed by atoms with Crippen molar-refractivity contribution in [2.45, 2.75) is 32.9 Å². The summed E-state index contributed by atoms with van der Waals surface area (Å²) in [5, 5.41) is -0.546. The van der Waals surface area contributed by atoms with Crippen LogP contribution in [-0.2, 0) is 14.8 Å². The van der Waals surface area contributed by atoms with Crippen LogP contribution in [0.3, 0.4) is 0 Å². The molecule has 1 N–H and O–H groups in total. The van der Waals surface area contributed by atoms with Crippen LogP contribution in [0.5, 0.6) is 5.75 Å².